The topological polar surface area (TPSA) is 58.6 Å². The summed E-state index contributed by atoms with van der Waals surface area (Å²) in [7, 11) is 0. The number of hydrogen-bond acceptors (Lipinski definition) is 3. The lowest BCUT2D eigenvalue weighted by molar-refractivity contribution is -0.143. The molecule has 38 heavy (non-hydrogen) atoms. The first-order valence-electron chi connectivity index (χ1n) is 13.6. The van der Waals surface area contributed by atoms with Crippen LogP contribution in [0, 0.1) is 5.82 Å². The number of benzene rings is 3. The summed E-state index contributed by atoms with van der Waals surface area (Å²) < 4.78 is 20.6. The Kier molecular flexibility index (Phi) is 9.90. The van der Waals surface area contributed by atoms with Crippen LogP contribution in [0.4, 0.5) is 4.39 Å². The fourth-order valence-corrected chi connectivity index (χ4v) is 4.96. The van der Waals surface area contributed by atoms with Gasteiger partial charge in [-0.1, -0.05) is 86.8 Å². The highest BCUT2D eigenvalue weighted by Gasteiger charge is 2.32. The number of nitrogens with zero attached hydrogens (tertiary/aromatic N) is 1. The quantitative estimate of drug-likeness (QED) is 0.348. The van der Waals surface area contributed by atoms with Crippen molar-refractivity contribution in [1.29, 1.82) is 0 Å². The van der Waals surface area contributed by atoms with Crippen LogP contribution in [-0.4, -0.2) is 35.4 Å². The van der Waals surface area contributed by atoms with Crippen molar-refractivity contribution in [3.8, 4) is 5.75 Å². The molecule has 0 aliphatic heterocycles. The SMILES string of the molecule is CCc1ccc(OCC(=O)N(Cc2ccccc2F)[C@H](Cc2ccccc2)C(=O)NC2CCCCC2)cc1. The van der Waals surface area contributed by atoms with Crippen molar-refractivity contribution >= 4 is 11.8 Å². The first-order valence-corrected chi connectivity index (χ1v) is 13.6. The van der Waals surface area contributed by atoms with Gasteiger partial charge in [0, 0.05) is 24.6 Å². The minimum atomic E-state index is -0.808. The van der Waals surface area contributed by atoms with E-state index >= 15 is 0 Å². The van der Waals surface area contributed by atoms with Crippen LogP contribution in [-0.2, 0) is 29.0 Å². The van der Waals surface area contributed by atoms with Gasteiger partial charge in [-0.3, -0.25) is 9.59 Å². The fourth-order valence-electron chi connectivity index (χ4n) is 4.96. The average Bonchev–Trinajstić information content (AvgIpc) is 2.96. The Hall–Kier alpha value is -3.67. The van der Waals surface area contributed by atoms with E-state index in [1.54, 1.807) is 18.2 Å². The summed E-state index contributed by atoms with van der Waals surface area (Å²) in [5, 5.41) is 3.19. The number of halogens is 1. The Morgan fingerprint density at radius 1 is 0.921 bits per heavy atom. The van der Waals surface area contributed by atoms with Crippen molar-refractivity contribution in [2.45, 2.75) is 70.5 Å². The Balaban J connectivity index is 1.60. The maximum Gasteiger partial charge on any atom is 0.261 e. The highest BCUT2D eigenvalue weighted by molar-refractivity contribution is 5.88. The van der Waals surface area contributed by atoms with Crippen molar-refractivity contribution in [3.05, 3.63) is 101 Å². The van der Waals surface area contributed by atoms with Crippen LogP contribution < -0.4 is 10.1 Å². The third kappa shape index (κ3) is 7.67. The van der Waals surface area contributed by atoms with Gasteiger partial charge in [-0.05, 0) is 48.6 Å². The van der Waals surface area contributed by atoms with Crippen molar-refractivity contribution in [1.82, 2.24) is 10.2 Å². The van der Waals surface area contributed by atoms with Crippen molar-refractivity contribution in [2.75, 3.05) is 6.61 Å². The molecule has 4 rings (SSSR count). The van der Waals surface area contributed by atoms with Crippen LogP contribution in [0.2, 0.25) is 0 Å². The predicted octanol–water partition coefficient (Wildman–Crippen LogP) is 5.86. The third-order valence-electron chi connectivity index (χ3n) is 7.22. The number of nitrogens with one attached hydrogen (secondary N) is 1. The lowest BCUT2D eigenvalue weighted by atomic mass is 9.94. The van der Waals surface area contributed by atoms with Crippen LogP contribution in [0.3, 0.4) is 0 Å². The van der Waals surface area contributed by atoms with E-state index in [-0.39, 0.29) is 31.0 Å². The molecule has 2 amide bonds. The molecule has 6 heteroatoms. The van der Waals surface area contributed by atoms with E-state index in [0.717, 1.165) is 37.7 Å². The van der Waals surface area contributed by atoms with Crippen LogP contribution in [0.25, 0.3) is 0 Å². The van der Waals surface area contributed by atoms with Gasteiger partial charge in [0.2, 0.25) is 5.91 Å². The smallest absolute Gasteiger partial charge is 0.261 e. The molecular formula is C32H37FN2O3. The number of ether oxygens (including phenoxy) is 1. The average molecular weight is 517 g/mol. The molecule has 3 aromatic rings. The molecule has 1 aliphatic carbocycles. The molecule has 200 valence electrons. The van der Waals surface area contributed by atoms with Gasteiger partial charge in [-0.2, -0.15) is 0 Å². The van der Waals surface area contributed by atoms with Crippen molar-refractivity contribution in [3.63, 3.8) is 0 Å². The number of hydrogen-bond donors (Lipinski definition) is 1. The number of amides is 2. The lowest BCUT2D eigenvalue weighted by Crippen LogP contribution is -2.53. The lowest BCUT2D eigenvalue weighted by Gasteiger charge is -2.33. The first kappa shape index (κ1) is 27.4. The normalized spacial score (nSPS) is 14.5. The van der Waals surface area contributed by atoms with E-state index in [2.05, 4.69) is 12.2 Å². The largest absolute Gasteiger partial charge is 0.484 e. The second-order valence-corrected chi connectivity index (χ2v) is 9.95. The minimum absolute atomic E-state index is 0.0285. The summed E-state index contributed by atoms with van der Waals surface area (Å²) in [5.41, 5.74) is 2.46. The van der Waals surface area contributed by atoms with Crippen molar-refractivity contribution < 1.29 is 18.7 Å². The van der Waals surface area contributed by atoms with Crippen LogP contribution >= 0.6 is 0 Å². The molecular weight excluding hydrogens is 479 g/mol. The maximum absolute atomic E-state index is 14.7. The van der Waals surface area contributed by atoms with Gasteiger partial charge in [0.25, 0.3) is 5.91 Å². The van der Waals surface area contributed by atoms with E-state index in [1.807, 2.05) is 54.6 Å². The molecule has 5 nitrogen and oxygen atoms in total. The second kappa shape index (κ2) is 13.8. The standard InChI is InChI=1S/C32H37FN2O3/c1-2-24-17-19-28(20-18-24)38-23-31(36)35(22-26-13-9-10-16-29(26)33)30(21-25-11-5-3-6-12-25)32(37)34-27-14-7-4-8-15-27/h3,5-6,9-13,16-20,27,30H,2,4,7-8,14-15,21-23H2,1H3,(H,34,37)/t30-/m1/s1. The zero-order valence-electron chi connectivity index (χ0n) is 22.1. The summed E-state index contributed by atoms with van der Waals surface area (Å²) in [6, 6.07) is 22.9. The van der Waals surface area contributed by atoms with Gasteiger partial charge in [0.05, 0.1) is 0 Å². The van der Waals surface area contributed by atoms with Crippen LogP contribution in [0.5, 0.6) is 5.75 Å². The molecule has 0 aromatic heterocycles. The zero-order chi connectivity index (χ0) is 26.7. The molecule has 3 aromatic carbocycles. The highest BCUT2D eigenvalue weighted by atomic mass is 19.1. The summed E-state index contributed by atoms with van der Waals surface area (Å²) in [4.78, 5) is 28.9. The summed E-state index contributed by atoms with van der Waals surface area (Å²) in [6.45, 7) is 1.80. The Bertz CT molecular complexity index is 1180. The molecule has 0 bridgehead atoms. The highest BCUT2D eigenvalue weighted by Crippen LogP contribution is 2.21. The Labute approximate surface area is 225 Å². The molecule has 1 saturated carbocycles. The number of aryl methyl sites for hydroxylation is 1. The monoisotopic (exact) mass is 516 g/mol. The van der Waals surface area contributed by atoms with Gasteiger partial charge in [0.1, 0.15) is 17.6 Å². The Morgan fingerprint density at radius 2 is 1.61 bits per heavy atom. The van der Waals surface area contributed by atoms with Gasteiger partial charge in [0.15, 0.2) is 6.61 Å². The molecule has 1 atom stereocenters. The van der Waals surface area contributed by atoms with Gasteiger partial charge < -0.3 is 15.0 Å². The minimum Gasteiger partial charge on any atom is -0.484 e. The van der Waals surface area contributed by atoms with Crippen molar-refractivity contribution in [2.24, 2.45) is 0 Å². The van der Waals surface area contributed by atoms with Crippen LogP contribution in [0.15, 0.2) is 78.9 Å². The van der Waals surface area contributed by atoms with Gasteiger partial charge in [-0.25, -0.2) is 4.39 Å². The van der Waals surface area contributed by atoms with E-state index in [4.69, 9.17) is 4.74 Å². The molecule has 1 aliphatic rings. The van der Waals surface area contributed by atoms with Gasteiger partial charge in [-0.15, -0.1) is 0 Å². The van der Waals surface area contributed by atoms with Gasteiger partial charge >= 0.3 is 0 Å². The maximum atomic E-state index is 14.7. The predicted molar refractivity (Wildman–Crippen MR) is 147 cm³/mol. The molecule has 0 saturated heterocycles. The Morgan fingerprint density at radius 3 is 2.29 bits per heavy atom. The van der Waals surface area contributed by atoms with E-state index < -0.39 is 11.9 Å². The summed E-state index contributed by atoms with van der Waals surface area (Å²) in [6.07, 6.45) is 6.43. The zero-order valence-corrected chi connectivity index (χ0v) is 22.1. The van der Waals surface area contributed by atoms with E-state index in [1.165, 1.54) is 23.0 Å². The molecule has 1 N–H and O–H groups in total. The molecule has 1 fully saturated rings. The number of carbonyl (C=O) groups is 2. The number of rotatable bonds is 11. The van der Waals surface area contributed by atoms with E-state index in [9.17, 15) is 14.0 Å². The molecule has 0 spiro atoms. The number of carbonyl (C=O) groups excluding carboxylic acids is 2. The molecule has 0 heterocycles. The fraction of sp³-hybridized carbons (Fsp3) is 0.375. The van der Waals surface area contributed by atoms with E-state index in [0.29, 0.717) is 17.7 Å². The molecule has 0 radical (unpaired) electrons. The summed E-state index contributed by atoms with van der Waals surface area (Å²) >= 11 is 0. The second-order valence-electron chi connectivity index (χ2n) is 9.95. The van der Waals surface area contributed by atoms with Crippen LogP contribution in [0.1, 0.15) is 55.7 Å². The first-order chi connectivity index (χ1) is 18.5. The summed E-state index contributed by atoms with van der Waals surface area (Å²) in [5.74, 6) is -0.412. The molecule has 0 unspecified atom stereocenters. The third-order valence-corrected chi connectivity index (χ3v) is 7.22.